The molecule has 1 N–H and O–H groups in total. The van der Waals surface area contributed by atoms with Gasteiger partial charge in [0, 0.05) is 17.0 Å². The van der Waals surface area contributed by atoms with E-state index in [2.05, 4.69) is 10.2 Å². The van der Waals surface area contributed by atoms with Gasteiger partial charge in [0.15, 0.2) is 5.16 Å². The minimum atomic E-state index is -0.0419. The summed E-state index contributed by atoms with van der Waals surface area (Å²) < 4.78 is 1.90. The number of aromatic nitrogens is 3. The van der Waals surface area contributed by atoms with Crippen LogP contribution in [0.1, 0.15) is 11.4 Å². The maximum absolute atomic E-state index is 9.28. The summed E-state index contributed by atoms with van der Waals surface area (Å²) in [7, 11) is 1.91. The number of aryl methyl sites for hydroxylation is 1. The first-order chi connectivity index (χ1) is 8.11. The van der Waals surface area contributed by atoms with E-state index in [0.717, 1.165) is 21.4 Å². The van der Waals surface area contributed by atoms with E-state index in [9.17, 15) is 5.11 Å². The molecule has 4 nitrogen and oxygen atoms in total. The monoisotopic (exact) mass is 269 g/mol. The fourth-order valence-corrected chi connectivity index (χ4v) is 2.48. The van der Waals surface area contributed by atoms with Gasteiger partial charge in [-0.15, -0.1) is 10.2 Å². The summed E-state index contributed by atoms with van der Waals surface area (Å²) >= 11 is 7.35. The molecule has 1 aromatic carbocycles. The Kier molecular flexibility index (Phi) is 3.71. The SMILES string of the molecule is Cc1nnc(Sc2ccc(Cl)cc2CO)n1C. The molecule has 0 saturated heterocycles. The van der Waals surface area contributed by atoms with Gasteiger partial charge in [0.25, 0.3) is 0 Å². The van der Waals surface area contributed by atoms with Gasteiger partial charge >= 0.3 is 0 Å². The lowest BCUT2D eigenvalue weighted by Gasteiger charge is -2.06. The number of hydrogen-bond donors (Lipinski definition) is 1. The van der Waals surface area contributed by atoms with Crippen molar-refractivity contribution in [1.82, 2.24) is 14.8 Å². The number of aliphatic hydroxyl groups is 1. The smallest absolute Gasteiger partial charge is 0.195 e. The van der Waals surface area contributed by atoms with Gasteiger partial charge in [0.05, 0.1) is 6.61 Å². The highest BCUT2D eigenvalue weighted by molar-refractivity contribution is 7.99. The second-order valence-corrected chi connectivity index (χ2v) is 5.05. The highest BCUT2D eigenvalue weighted by Gasteiger charge is 2.10. The summed E-state index contributed by atoms with van der Waals surface area (Å²) in [5.74, 6) is 0.854. The van der Waals surface area contributed by atoms with Crippen LogP contribution in [0.5, 0.6) is 0 Å². The van der Waals surface area contributed by atoms with E-state index >= 15 is 0 Å². The average Bonchev–Trinajstić information content (AvgIpc) is 2.63. The van der Waals surface area contributed by atoms with E-state index in [1.165, 1.54) is 11.8 Å². The molecule has 0 aliphatic rings. The van der Waals surface area contributed by atoms with E-state index < -0.39 is 0 Å². The van der Waals surface area contributed by atoms with Crippen LogP contribution < -0.4 is 0 Å². The largest absolute Gasteiger partial charge is 0.392 e. The van der Waals surface area contributed by atoms with E-state index in [1.54, 1.807) is 12.1 Å². The fraction of sp³-hybridized carbons (Fsp3) is 0.273. The molecule has 17 heavy (non-hydrogen) atoms. The fourth-order valence-electron chi connectivity index (χ4n) is 1.35. The Morgan fingerprint density at radius 3 is 2.76 bits per heavy atom. The van der Waals surface area contributed by atoms with Gasteiger partial charge in [-0.1, -0.05) is 11.6 Å². The van der Waals surface area contributed by atoms with Crippen LogP contribution in [0.15, 0.2) is 28.3 Å². The van der Waals surface area contributed by atoms with Gasteiger partial charge in [0.1, 0.15) is 5.82 Å². The number of aliphatic hydroxyl groups excluding tert-OH is 1. The van der Waals surface area contributed by atoms with E-state index in [-0.39, 0.29) is 6.61 Å². The quantitative estimate of drug-likeness (QED) is 0.930. The molecule has 1 heterocycles. The molecule has 0 bridgehead atoms. The lowest BCUT2D eigenvalue weighted by molar-refractivity contribution is 0.279. The Morgan fingerprint density at radius 2 is 2.18 bits per heavy atom. The van der Waals surface area contributed by atoms with Crippen molar-refractivity contribution in [3.05, 3.63) is 34.6 Å². The summed E-state index contributed by atoms with van der Waals surface area (Å²) in [4.78, 5) is 0.937. The minimum absolute atomic E-state index is 0.0419. The number of rotatable bonds is 3. The minimum Gasteiger partial charge on any atom is -0.392 e. The zero-order chi connectivity index (χ0) is 12.4. The maximum atomic E-state index is 9.28. The first kappa shape index (κ1) is 12.4. The molecule has 0 aliphatic carbocycles. The molecule has 0 aliphatic heterocycles. The van der Waals surface area contributed by atoms with Crippen LogP contribution in [0, 0.1) is 6.92 Å². The van der Waals surface area contributed by atoms with E-state index in [4.69, 9.17) is 11.6 Å². The lowest BCUT2D eigenvalue weighted by atomic mass is 10.2. The molecule has 90 valence electrons. The van der Waals surface area contributed by atoms with Crippen molar-refractivity contribution in [3.8, 4) is 0 Å². The predicted molar refractivity (Wildman–Crippen MR) is 67.2 cm³/mol. The standard InChI is InChI=1S/C11H12ClN3OS/c1-7-13-14-11(15(7)2)17-10-4-3-9(12)5-8(10)6-16/h3-5,16H,6H2,1-2H3. The Hall–Kier alpha value is -1.04. The van der Waals surface area contributed by atoms with Gasteiger partial charge in [-0.3, -0.25) is 0 Å². The molecule has 0 amide bonds. The Bertz CT molecular complexity index is 542. The summed E-state index contributed by atoms with van der Waals surface area (Å²) in [6.07, 6.45) is 0. The zero-order valence-corrected chi connectivity index (χ0v) is 11.1. The third-order valence-electron chi connectivity index (χ3n) is 2.45. The van der Waals surface area contributed by atoms with Gasteiger partial charge in [0.2, 0.25) is 0 Å². The van der Waals surface area contributed by atoms with Crippen LogP contribution in [0.3, 0.4) is 0 Å². The number of benzene rings is 1. The van der Waals surface area contributed by atoms with Gasteiger partial charge in [-0.05, 0) is 42.4 Å². The Morgan fingerprint density at radius 1 is 1.41 bits per heavy atom. The van der Waals surface area contributed by atoms with Crippen LogP contribution in [0.4, 0.5) is 0 Å². The number of hydrogen-bond acceptors (Lipinski definition) is 4. The molecule has 6 heteroatoms. The van der Waals surface area contributed by atoms with Crippen LogP contribution in [-0.4, -0.2) is 19.9 Å². The van der Waals surface area contributed by atoms with Crippen LogP contribution >= 0.6 is 23.4 Å². The second kappa shape index (κ2) is 5.08. The normalized spacial score (nSPS) is 10.8. The summed E-state index contributed by atoms with van der Waals surface area (Å²) in [6, 6.07) is 5.43. The van der Waals surface area contributed by atoms with Crippen LogP contribution in [0.2, 0.25) is 5.02 Å². The first-order valence-corrected chi connectivity index (χ1v) is 6.24. The third-order valence-corrected chi connectivity index (χ3v) is 3.84. The molecule has 0 saturated carbocycles. The maximum Gasteiger partial charge on any atom is 0.195 e. The number of nitrogens with zero attached hydrogens (tertiary/aromatic N) is 3. The van der Waals surface area contributed by atoms with Crippen molar-refractivity contribution in [1.29, 1.82) is 0 Å². The van der Waals surface area contributed by atoms with Crippen LogP contribution in [-0.2, 0) is 13.7 Å². The van der Waals surface area contributed by atoms with Crippen molar-refractivity contribution >= 4 is 23.4 Å². The molecular formula is C11H12ClN3OS. The van der Waals surface area contributed by atoms with Gasteiger partial charge < -0.3 is 9.67 Å². The van der Waals surface area contributed by atoms with Crippen molar-refractivity contribution < 1.29 is 5.11 Å². The number of halogens is 1. The van der Waals surface area contributed by atoms with Crippen molar-refractivity contribution in [2.45, 2.75) is 23.6 Å². The summed E-state index contributed by atoms with van der Waals surface area (Å²) in [6.45, 7) is 1.85. The van der Waals surface area contributed by atoms with Crippen molar-refractivity contribution in [2.75, 3.05) is 0 Å². The molecule has 0 fully saturated rings. The topological polar surface area (TPSA) is 50.9 Å². The molecule has 0 spiro atoms. The molecule has 0 atom stereocenters. The van der Waals surface area contributed by atoms with Crippen molar-refractivity contribution in [2.24, 2.45) is 7.05 Å². The van der Waals surface area contributed by atoms with Gasteiger partial charge in [-0.2, -0.15) is 0 Å². The lowest BCUT2D eigenvalue weighted by Crippen LogP contribution is -1.94. The first-order valence-electron chi connectivity index (χ1n) is 5.05. The highest BCUT2D eigenvalue weighted by atomic mass is 35.5. The second-order valence-electron chi connectivity index (χ2n) is 3.60. The molecule has 2 aromatic rings. The average molecular weight is 270 g/mol. The highest BCUT2D eigenvalue weighted by Crippen LogP contribution is 2.30. The Balaban J connectivity index is 2.33. The Labute approximate surface area is 109 Å². The van der Waals surface area contributed by atoms with E-state index in [1.807, 2.05) is 24.6 Å². The van der Waals surface area contributed by atoms with E-state index in [0.29, 0.717) is 5.02 Å². The van der Waals surface area contributed by atoms with Crippen molar-refractivity contribution in [3.63, 3.8) is 0 Å². The summed E-state index contributed by atoms with van der Waals surface area (Å²) in [5.41, 5.74) is 0.795. The van der Waals surface area contributed by atoms with Gasteiger partial charge in [-0.25, -0.2) is 0 Å². The third kappa shape index (κ3) is 2.62. The molecular weight excluding hydrogens is 258 g/mol. The predicted octanol–water partition coefficient (Wildman–Crippen LogP) is 2.42. The molecule has 2 rings (SSSR count). The zero-order valence-electron chi connectivity index (χ0n) is 9.51. The molecule has 0 unspecified atom stereocenters. The molecule has 0 radical (unpaired) electrons. The van der Waals surface area contributed by atoms with Crippen LogP contribution in [0.25, 0.3) is 0 Å². The summed E-state index contributed by atoms with van der Waals surface area (Å²) in [5, 5.41) is 18.7. The molecule has 1 aromatic heterocycles.